The van der Waals surface area contributed by atoms with E-state index in [1.54, 1.807) is 0 Å². The van der Waals surface area contributed by atoms with E-state index in [9.17, 15) is 14.7 Å². The van der Waals surface area contributed by atoms with Gasteiger partial charge in [-0.1, -0.05) is 13.0 Å². The van der Waals surface area contributed by atoms with Crippen LogP contribution in [0.15, 0.2) is 18.2 Å². The molecule has 6 atom stereocenters. The van der Waals surface area contributed by atoms with Crippen molar-refractivity contribution in [2.45, 2.75) is 77.7 Å². The average molecular weight is 415 g/mol. The molecule has 0 spiro atoms. The third kappa shape index (κ3) is 3.83. The lowest BCUT2D eigenvalue weighted by Gasteiger charge is -2.53. The second-order valence-electron chi connectivity index (χ2n) is 9.84. The van der Waals surface area contributed by atoms with E-state index in [0.717, 1.165) is 44.9 Å². The number of ether oxygens (including phenoxy) is 2. The highest BCUT2D eigenvalue weighted by molar-refractivity contribution is 5.66. The number of esters is 2. The summed E-state index contributed by atoms with van der Waals surface area (Å²) in [7, 11) is 0. The molecular formula is C25H34O5. The molecule has 3 aliphatic carbocycles. The molecule has 0 unspecified atom stereocenters. The van der Waals surface area contributed by atoms with Crippen molar-refractivity contribution in [2.24, 2.45) is 23.2 Å². The molecule has 0 saturated heterocycles. The van der Waals surface area contributed by atoms with E-state index in [-0.39, 0.29) is 23.5 Å². The van der Waals surface area contributed by atoms with E-state index < -0.39 is 0 Å². The summed E-state index contributed by atoms with van der Waals surface area (Å²) in [5, 5.41) is 10.0. The molecule has 0 aromatic heterocycles. The average Bonchev–Trinajstić information content (AvgIpc) is 3.00. The maximum absolute atomic E-state index is 11.7. The standard InChI is InChI=1S/C25H34O5/c1-15(26)29-12-4-5-17-13-18-14-19(28)6-7-20(18)21-10-11-25(3)22(24(17)21)8-9-23(25)30-16(2)27/h6-7,14,17,21-24,28H,4-5,8-13H2,1-3H3/t17-,21-,22+,23+,24-,25+/m1/s1. The van der Waals surface area contributed by atoms with E-state index in [2.05, 4.69) is 13.0 Å². The van der Waals surface area contributed by atoms with Crippen molar-refractivity contribution in [2.75, 3.05) is 6.61 Å². The third-order valence-electron chi connectivity index (χ3n) is 8.13. The number of aromatic hydroxyl groups is 1. The topological polar surface area (TPSA) is 72.8 Å². The fourth-order valence-electron chi connectivity index (χ4n) is 6.97. The van der Waals surface area contributed by atoms with Gasteiger partial charge in [-0.2, -0.15) is 0 Å². The lowest BCUT2D eigenvalue weighted by Crippen LogP contribution is -2.48. The zero-order valence-electron chi connectivity index (χ0n) is 18.4. The Morgan fingerprint density at radius 3 is 2.70 bits per heavy atom. The Bertz CT molecular complexity index is 818. The van der Waals surface area contributed by atoms with Gasteiger partial charge in [-0.3, -0.25) is 9.59 Å². The van der Waals surface area contributed by atoms with Crippen molar-refractivity contribution in [1.82, 2.24) is 0 Å². The van der Waals surface area contributed by atoms with Crippen LogP contribution in [-0.4, -0.2) is 29.8 Å². The van der Waals surface area contributed by atoms with Crippen molar-refractivity contribution < 1.29 is 24.2 Å². The molecule has 2 fully saturated rings. The molecule has 2 saturated carbocycles. The molecule has 3 aliphatic rings. The van der Waals surface area contributed by atoms with Gasteiger partial charge < -0.3 is 14.6 Å². The minimum atomic E-state index is -0.225. The quantitative estimate of drug-likeness (QED) is 0.556. The molecule has 4 rings (SSSR count). The van der Waals surface area contributed by atoms with Crippen LogP contribution in [0, 0.1) is 23.2 Å². The van der Waals surface area contributed by atoms with Crippen molar-refractivity contribution in [3.8, 4) is 5.75 Å². The summed E-state index contributed by atoms with van der Waals surface area (Å²) in [5.74, 6) is 1.98. The molecular weight excluding hydrogens is 380 g/mol. The van der Waals surface area contributed by atoms with E-state index in [1.165, 1.54) is 25.0 Å². The molecule has 0 radical (unpaired) electrons. The third-order valence-corrected chi connectivity index (χ3v) is 8.13. The van der Waals surface area contributed by atoms with E-state index in [1.807, 2.05) is 12.1 Å². The molecule has 5 heteroatoms. The molecule has 0 aliphatic heterocycles. The largest absolute Gasteiger partial charge is 0.508 e. The summed E-state index contributed by atoms with van der Waals surface area (Å²) in [6.45, 7) is 5.77. The zero-order chi connectivity index (χ0) is 21.5. The van der Waals surface area contributed by atoms with Gasteiger partial charge in [0.1, 0.15) is 11.9 Å². The lowest BCUT2D eigenvalue weighted by atomic mass is 9.52. The summed E-state index contributed by atoms with van der Waals surface area (Å²) >= 11 is 0. The molecule has 164 valence electrons. The van der Waals surface area contributed by atoms with Crippen LogP contribution in [0.25, 0.3) is 0 Å². The molecule has 5 nitrogen and oxygen atoms in total. The van der Waals surface area contributed by atoms with E-state index >= 15 is 0 Å². The summed E-state index contributed by atoms with van der Waals surface area (Å²) in [6.07, 6.45) is 7.05. The van der Waals surface area contributed by atoms with Crippen LogP contribution < -0.4 is 0 Å². The first kappa shape index (κ1) is 21.2. The first-order valence-electron chi connectivity index (χ1n) is 11.4. The maximum atomic E-state index is 11.7. The highest BCUT2D eigenvalue weighted by Crippen LogP contribution is 2.63. The van der Waals surface area contributed by atoms with Crippen LogP contribution >= 0.6 is 0 Å². The molecule has 1 N–H and O–H groups in total. The number of phenolic OH excluding ortho intramolecular Hbond substituents is 1. The minimum Gasteiger partial charge on any atom is -0.508 e. The van der Waals surface area contributed by atoms with Crippen LogP contribution in [-0.2, 0) is 25.5 Å². The van der Waals surface area contributed by atoms with Gasteiger partial charge >= 0.3 is 11.9 Å². The smallest absolute Gasteiger partial charge is 0.302 e. The summed E-state index contributed by atoms with van der Waals surface area (Å²) in [6, 6.07) is 5.88. The molecule has 0 bridgehead atoms. The van der Waals surface area contributed by atoms with E-state index in [4.69, 9.17) is 9.47 Å². The summed E-state index contributed by atoms with van der Waals surface area (Å²) < 4.78 is 11.0. The first-order chi connectivity index (χ1) is 14.3. The number of phenols is 1. The number of benzene rings is 1. The SMILES string of the molecule is CC(=O)OCCC[C@@H]1Cc2cc(O)ccc2[C@H]2CC[C@]3(C)[C@@H](OC(C)=O)CC[C@H]3[C@H]12. The Morgan fingerprint density at radius 2 is 1.97 bits per heavy atom. The van der Waals surface area contributed by atoms with Crippen LogP contribution in [0.2, 0.25) is 0 Å². The number of rotatable bonds is 5. The molecule has 1 aromatic carbocycles. The molecule has 0 amide bonds. The van der Waals surface area contributed by atoms with Gasteiger partial charge in [-0.15, -0.1) is 0 Å². The Labute approximate surface area is 179 Å². The number of carbonyl (C=O) groups excluding carboxylic acids is 2. The summed E-state index contributed by atoms with van der Waals surface area (Å²) in [4.78, 5) is 22.8. The van der Waals surface area contributed by atoms with Gasteiger partial charge in [0.15, 0.2) is 0 Å². The Balaban J connectivity index is 1.61. The fraction of sp³-hybridized carbons (Fsp3) is 0.680. The van der Waals surface area contributed by atoms with Gasteiger partial charge in [0.25, 0.3) is 0 Å². The summed E-state index contributed by atoms with van der Waals surface area (Å²) in [5.41, 5.74) is 2.70. The number of hydrogen-bond acceptors (Lipinski definition) is 5. The van der Waals surface area contributed by atoms with Crippen molar-refractivity contribution in [3.63, 3.8) is 0 Å². The minimum absolute atomic E-state index is 0.0175. The van der Waals surface area contributed by atoms with Crippen LogP contribution in [0.1, 0.15) is 76.3 Å². The highest BCUT2D eigenvalue weighted by Gasteiger charge is 2.57. The number of hydrogen-bond donors (Lipinski definition) is 1. The van der Waals surface area contributed by atoms with Crippen LogP contribution in [0.3, 0.4) is 0 Å². The second-order valence-corrected chi connectivity index (χ2v) is 9.84. The zero-order valence-corrected chi connectivity index (χ0v) is 18.4. The Morgan fingerprint density at radius 1 is 1.17 bits per heavy atom. The molecule has 1 aromatic rings. The fourth-order valence-corrected chi connectivity index (χ4v) is 6.97. The van der Waals surface area contributed by atoms with E-state index in [0.29, 0.717) is 36.0 Å². The van der Waals surface area contributed by atoms with Crippen molar-refractivity contribution >= 4 is 11.9 Å². The van der Waals surface area contributed by atoms with Gasteiger partial charge in [-0.25, -0.2) is 0 Å². The molecule has 0 heterocycles. The number of fused-ring (bicyclic) bond motifs is 5. The monoisotopic (exact) mass is 414 g/mol. The van der Waals surface area contributed by atoms with Crippen LogP contribution in [0.4, 0.5) is 0 Å². The van der Waals surface area contributed by atoms with Crippen LogP contribution in [0.5, 0.6) is 5.75 Å². The normalized spacial score (nSPS) is 34.4. The predicted octanol–water partition coefficient (Wildman–Crippen LogP) is 4.75. The van der Waals surface area contributed by atoms with Gasteiger partial charge in [0.2, 0.25) is 0 Å². The Hall–Kier alpha value is -2.04. The number of carbonyl (C=O) groups is 2. The van der Waals surface area contributed by atoms with Gasteiger partial charge in [0.05, 0.1) is 6.61 Å². The van der Waals surface area contributed by atoms with Crippen molar-refractivity contribution in [1.29, 1.82) is 0 Å². The van der Waals surface area contributed by atoms with Gasteiger partial charge in [0, 0.05) is 19.3 Å². The first-order valence-corrected chi connectivity index (χ1v) is 11.4. The van der Waals surface area contributed by atoms with Crippen molar-refractivity contribution in [3.05, 3.63) is 29.3 Å². The molecule has 30 heavy (non-hydrogen) atoms. The predicted molar refractivity (Wildman–Crippen MR) is 113 cm³/mol. The maximum Gasteiger partial charge on any atom is 0.302 e. The highest BCUT2D eigenvalue weighted by atomic mass is 16.5. The lowest BCUT2D eigenvalue weighted by molar-refractivity contribution is -0.155. The second kappa shape index (κ2) is 8.24. The Kier molecular flexibility index (Phi) is 5.82. The van der Waals surface area contributed by atoms with Gasteiger partial charge in [-0.05, 0) is 91.9 Å².